The number of carbonyl (C=O) groups is 1. The summed E-state index contributed by atoms with van der Waals surface area (Å²) in [7, 11) is 1.56. The maximum atomic E-state index is 11.9. The molecular formula is C12H13N3O2S. The van der Waals surface area contributed by atoms with Crippen LogP contribution in [0.4, 0.5) is 11.4 Å². The van der Waals surface area contributed by atoms with Crippen LogP contribution in [0, 0.1) is 6.92 Å². The van der Waals surface area contributed by atoms with Crippen molar-refractivity contribution in [2.45, 2.75) is 6.92 Å². The van der Waals surface area contributed by atoms with Crippen LogP contribution < -0.4 is 15.8 Å². The van der Waals surface area contributed by atoms with Crippen LogP contribution >= 0.6 is 11.3 Å². The second-order valence-electron chi connectivity index (χ2n) is 3.66. The number of aryl methyl sites for hydroxylation is 1. The lowest BCUT2D eigenvalue weighted by Gasteiger charge is -2.08. The number of nitrogen functional groups attached to an aromatic ring is 1. The number of methoxy groups -OCH3 is 1. The predicted molar refractivity (Wildman–Crippen MR) is 72.2 cm³/mol. The first-order valence-corrected chi connectivity index (χ1v) is 6.15. The zero-order valence-corrected chi connectivity index (χ0v) is 10.9. The Morgan fingerprint density at radius 1 is 1.50 bits per heavy atom. The monoisotopic (exact) mass is 263 g/mol. The Morgan fingerprint density at radius 3 is 2.83 bits per heavy atom. The van der Waals surface area contributed by atoms with Crippen molar-refractivity contribution in [1.82, 2.24) is 4.98 Å². The number of ether oxygens (including phenoxy) is 1. The number of hydrogen-bond acceptors (Lipinski definition) is 5. The molecule has 0 saturated carbocycles. The highest BCUT2D eigenvalue weighted by molar-refractivity contribution is 7.09. The van der Waals surface area contributed by atoms with Gasteiger partial charge in [-0.1, -0.05) is 0 Å². The predicted octanol–water partition coefficient (Wildman–Crippen LogP) is 2.29. The fraction of sp³-hybridized carbons (Fsp3) is 0.167. The number of carbonyl (C=O) groups excluding carboxylic acids is 1. The molecule has 6 heteroatoms. The lowest BCUT2D eigenvalue weighted by Crippen LogP contribution is -2.13. The van der Waals surface area contributed by atoms with Gasteiger partial charge in [0.15, 0.2) is 0 Å². The molecule has 1 aromatic carbocycles. The van der Waals surface area contributed by atoms with Crippen molar-refractivity contribution in [2.75, 3.05) is 18.2 Å². The van der Waals surface area contributed by atoms with E-state index in [2.05, 4.69) is 10.3 Å². The molecule has 5 nitrogen and oxygen atoms in total. The number of nitrogens with one attached hydrogen (secondary N) is 1. The number of nitrogens with two attached hydrogens (primary N) is 1. The summed E-state index contributed by atoms with van der Waals surface area (Å²) >= 11 is 1.43. The molecule has 0 bridgehead atoms. The Kier molecular flexibility index (Phi) is 3.47. The van der Waals surface area contributed by atoms with E-state index in [9.17, 15) is 4.79 Å². The molecule has 3 N–H and O–H groups in total. The first kappa shape index (κ1) is 12.4. The second kappa shape index (κ2) is 5.05. The minimum absolute atomic E-state index is 0.267. The third-order valence-corrected chi connectivity index (χ3v) is 3.13. The molecule has 0 atom stereocenters. The Balaban J connectivity index is 2.16. The minimum atomic E-state index is -0.267. The molecule has 0 saturated heterocycles. The van der Waals surface area contributed by atoms with Crippen molar-refractivity contribution in [2.24, 2.45) is 0 Å². The van der Waals surface area contributed by atoms with Crippen molar-refractivity contribution < 1.29 is 9.53 Å². The fourth-order valence-corrected chi connectivity index (χ4v) is 2.03. The van der Waals surface area contributed by atoms with Gasteiger partial charge in [0.1, 0.15) is 11.4 Å². The van der Waals surface area contributed by atoms with Gasteiger partial charge in [-0.25, -0.2) is 4.98 Å². The van der Waals surface area contributed by atoms with Crippen molar-refractivity contribution in [3.8, 4) is 5.75 Å². The summed E-state index contributed by atoms with van der Waals surface area (Å²) in [5.74, 6) is 0.381. The Morgan fingerprint density at radius 2 is 2.28 bits per heavy atom. The van der Waals surface area contributed by atoms with Crippen molar-refractivity contribution in [3.05, 3.63) is 34.3 Å². The molecule has 1 heterocycles. The number of benzene rings is 1. The van der Waals surface area contributed by atoms with Gasteiger partial charge in [0.2, 0.25) is 0 Å². The van der Waals surface area contributed by atoms with E-state index in [0.29, 0.717) is 22.8 Å². The van der Waals surface area contributed by atoms with Crippen LogP contribution in [0.5, 0.6) is 5.75 Å². The maximum Gasteiger partial charge on any atom is 0.275 e. The molecule has 2 rings (SSSR count). The lowest BCUT2D eigenvalue weighted by atomic mass is 10.2. The number of nitrogens with zero attached hydrogens (tertiary/aromatic N) is 1. The first-order valence-electron chi connectivity index (χ1n) is 5.27. The maximum absolute atomic E-state index is 11.9. The third-order valence-electron chi connectivity index (χ3n) is 2.36. The number of anilines is 2. The van der Waals surface area contributed by atoms with E-state index >= 15 is 0 Å². The molecule has 0 spiro atoms. The molecule has 18 heavy (non-hydrogen) atoms. The summed E-state index contributed by atoms with van der Waals surface area (Å²) in [5.41, 5.74) is 7.21. The van der Waals surface area contributed by atoms with Gasteiger partial charge in [-0.2, -0.15) is 0 Å². The molecule has 0 aliphatic heterocycles. The van der Waals surface area contributed by atoms with E-state index < -0.39 is 0 Å². The highest BCUT2D eigenvalue weighted by Gasteiger charge is 2.11. The zero-order valence-electron chi connectivity index (χ0n) is 10.1. The smallest absolute Gasteiger partial charge is 0.275 e. The molecule has 94 valence electrons. The molecule has 0 fully saturated rings. The van der Waals surface area contributed by atoms with Crippen LogP contribution in [0.2, 0.25) is 0 Å². The number of rotatable bonds is 3. The van der Waals surface area contributed by atoms with Crippen LogP contribution in [0.25, 0.3) is 0 Å². The van der Waals surface area contributed by atoms with Crippen molar-refractivity contribution >= 4 is 28.6 Å². The molecule has 2 aromatic rings. The average molecular weight is 263 g/mol. The number of hydrogen-bond donors (Lipinski definition) is 2. The third kappa shape index (κ3) is 2.60. The average Bonchev–Trinajstić information content (AvgIpc) is 2.78. The Labute approximate surface area is 109 Å². The normalized spacial score (nSPS) is 10.1. The van der Waals surface area contributed by atoms with Gasteiger partial charge in [0.25, 0.3) is 5.91 Å². The number of thiazole rings is 1. The first-order chi connectivity index (χ1) is 8.60. The van der Waals surface area contributed by atoms with E-state index in [1.165, 1.54) is 11.3 Å². The SMILES string of the molecule is COc1ccc(NC(=O)c2csc(C)n2)c(N)c1. The standard InChI is InChI=1S/C12H13N3O2S/c1-7-14-11(6-18-7)12(16)15-10-4-3-8(17-2)5-9(10)13/h3-6H,13H2,1-2H3,(H,15,16). The molecule has 0 aliphatic rings. The van der Waals surface area contributed by atoms with E-state index in [0.717, 1.165) is 5.01 Å². The van der Waals surface area contributed by atoms with Gasteiger partial charge in [-0.05, 0) is 19.1 Å². The quantitative estimate of drug-likeness (QED) is 0.833. The van der Waals surface area contributed by atoms with Gasteiger partial charge in [0, 0.05) is 11.4 Å². The van der Waals surface area contributed by atoms with Crippen LogP contribution in [0.3, 0.4) is 0 Å². The van der Waals surface area contributed by atoms with Crippen LogP contribution in [0.1, 0.15) is 15.5 Å². The molecule has 1 aromatic heterocycles. The van der Waals surface area contributed by atoms with Crippen LogP contribution in [0.15, 0.2) is 23.6 Å². The fourth-order valence-electron chi connectivity index (χ4n) is 1.44. The zero-order chi connectivity index (χ0) is 13.1. The van der Waals surface area contributed by atoms with Gasteiger partial charge < -0.3 is 15.8 Å². The molecule has 0 aliphatic carbocycles. The summed E-state index contributed by atoms with van der Waals surface area (Å²) in [4.78, 5) is 16.0. The summed E-state index contributed by atoms with van der Waals surface area (Å²) in [6.45, 7) is 1.85. The second-order valence-corrected chi connectivity index (χ2v) is 4.72. The van der Waals surface area contributed by atoms with E-state index in [4.69, 9.17) is 10.5 Å². The minimum Gasteiger partial charge on any atom is -0.497 e. The lowest BCUT2D eigenvalue weighted by molar-refractivity contribution is 0.102. The van der Waals surface area contributed by atoms with E-state index in [1.54, 1.807) is 30.7 Å². The van der Waals surface area contributed by atoms with Gasteiger partial charge in [-0.15, -0.1) is 11.3 Å². The van der Waals surface area contributed by atoms with Gasteiger partial charge in [0.05, 0.1) is 23.5 Å². The molecular weight excluding hydrogens is 250 g/mol. The summed E-state index contributed by atoms with van der Waals surface area (Å²) in [5, 5.41) is 5.28. The number of amides is 1. The largest absolute Gasteiger partial charge is 0.497 e. The highest BCUT2D eigenvalue weighted by atomic mass is 32.1. The summed E-state index contributed by atoms with van der Waals surface area (Å²) < 4.78 is 5.04. The van der Waals surface area contributed by atoms with Crippen LogP contribution in [-0.4, -0.2) is 18.0 Å². The summed E-state index contributed by atoms with van der Waals surface area (Å²) in [6.07, 6.45) is 0. The van der Waals surface area contributed by atoms with E-state index in [1.807, 2.05) is 6.92 Å². The molecule has 1 amide bonds. The Bertz CT molecular complexity index is 580. The molecule has 0 radical (unpaired) electrons. The summed E-state index contributed by atoms with van der Waals surface area (Å²) in [6, 6.07) is 5.09. The molecule has 0 unspecified atom stereocenters. The topological polar surface area (TPSA) is 77.2 Å². The highest BCUT2D eigenvalue weighted by Crippen LogP contribution is 2.24. The van der Waals surface area contributed by atoms with E-state index in [-0.39, 0.29) is 5.91 Å². The number of aromatic nitrogens is 1. The van der Waals surface area contributed by atoms with Crippen molar-refractivity contribution in [3.63, 3.8) is 0 Å². The van der Waals surface area contributed by atoms with Gasteiger partial charge in [-0.3, -0.25) is 4.79 Å². The van der Waals surface area contributed by atoms with Gasteiger partial charge >= 0.3 is 0 Å². The Hall–Kier alpha value is -2.08. The van der Waals surface area contributed by atoms with Crippen LogP contribution in [-0.2, 0) is 0 Å². The van der Waals surface area contributed by atoms with Crippen molar-refractivity contribution in [1.29, 1.82) is 0 Å².